The number of nitrogens with one attached hydrogen (secondary N) is 2. The zero-order valence-corrected chi connectivity index (χ0v) is 12.9. The highest BCUT2D eigenvalue weighted by Gasteiger charge is 2.12. The number of halogens is 1. The van der Waals surface area contributed by atoms with Gasteiger partial charge in [-0.05, 0) is 34.0 Å². The Hall–Kier alpha value is -1.89. The van der Waals surface area contributed by atoms with Crippen LogP contribution in [0.15, 0.2) is 29.1 Å². The zero-order valence-electron chi connectivity index (χ0n) is 11.4. The standard InChI is InChI=1S/C13H16BrN5O/c1-15-12-11(5-10(14)7-17-12)13(20)16-4-3-9-6-18-19(2)8-9/h5-8H,3-4H2,1-2H3,(H,15,17)(H,16,20). The van der Waals surface area contributed by atoms with Crippen molar-refractivity contribution in [3.63, 3.8) is 0 Å². The highest BCUT2D eigenvalue weighted by Crippen LogP contribution is 2.17. The summed E-state index contributed by atoms with van der Waals surface area (Å²) in [4.78, 5) is 16.3. The molecule has 0 spiro atoms. The van der Waals surface area contributed by atoms with Gasteiger partial charge in [-0.1, -0.05) is 0 Å². The number of aryl methyl sites for hydroxylation is 1. The van der Waals surface area contributed by atoms with Crippen molar-refractivity contribution in [2.75, 3.05) is 18.9 Å². The largest absolute Gasteiger partial charge is 0.372 e. The van der Waals surface area contributed by atoms with E-state index in [1.54, 1.807) is 30.2 Å². The third kappa shape index (κ3) is 3.57. The van der Waals surface area contributed by atoms with Crippen LogP contribution < -0.4 is 10.6 Å². The lowest BCUT2D eigenvalue weighted by atomic mass is 10.2. The van der Waals surface area contributed by atoms with E-state index in [9.17, 15) is 4.79 Å². The van der Waals surface area contributed by atoms with Crippen LogP contribution in [0.4, 0.5) is 5.82 Å². The van der Waals surface area contributed by atoms with Gasteiger partial charge in [-0.25, -0.2) is 4.98 Å². The summed E-state index contributed by atoms with van der Waals surface area (Å²) in [5.74, 6) is 0.416. The fraction of sp³-hybridized carbons (Fsp3) is 0.308. The average molecular weight is 338 g/mol. The monoisotopic (exact) mass is 337 g/mol. The summed E-state index contributed by atoms with van der Waals surface area (Å²) in [5, 5.41) is 9.88. The van der Waals surface area contributed by atoms with E-state index in [1.165, 1.54) is 0 Å². The molecule has 20 heavy (non-hydrogen) atoms. The minimum Gasteiger partial charge on any atom is -0.372 e. The van der Waals surface area contributed by atoms with Gasteiger partial charge < -0.3 is 10.6 Å². The molecule has 2 aromatic rings. The number of carbonyl (C=O) groups is 1. The third-order valence-electron chi connectivity index (χ3n) is 2.79. The van der Waals surface area contributed by atoms with Crippen LogP contribution in [-0.2, 0) is 13.5 Å². The van der Waals surface area contributed by atoms with Crippen LogP contribution in [0.3, 0.4) is 0 Å². The fourth-order valence-electron chi connectivity index (χ4n) is 1.83. The Labute approximate surface area is 125 Å². The number of aromatic nitrogens is 3. The quantitative estimate of drug-likeness (QED) is 0.869. The van der Waals surface area contributed by atoms with Crippen LogP contribution in [-0.4, -0.2) is 34.3 Å². The number of nitrogens with zero attached hydrogens (tertiary/aromatic N) is 3. The minimum absolute atomic E-state index is 0.146. The number of hydrogen-bond donors (Lipinski definition) is 2. The molecule has 0 aromatic carbocycles. The smallest absolute Gasteiger partial charge is 0.255 e. The van der Waals surface area contributed by atoms with E-state index >= 15 is 0 Å². The number of amides is 1. The van der Waals surface area contributed by atoms with E-state index < -0.39 is 0 Å². The summed E-state index contributed by atoms with van der Waals surface area (Å²) in [6.45, 7) is 0.556. The maximum atomic E-state index is 12.1. The Morgan fingerprint density at radius 1 is 1.45 bits per heavy atom. The van der Waals surface area contributed by atoms with Gasteiger partial charge >= 0.3 is 0 Å². The minimum atomic E-state index is -0.146. The van der Waals surface area contributed by atoms with Crippen LogP contribution in [0.5, 0.6) is 0 Å². The molecule has 0 saturated carbocycles. The molecule has 0 saturated heterocycles. The van der Waals surface area contributed by atoms with Gasteiger partial charge in [0, 0.05) is 37.5 Å². The number of pyridine rings is 1. The Bertz CT molecular complexity index is 611. The second kappa shape index (κ2) is 6.51. The molecule has 2 aromatic heterocycles. The molecule has 1 amide bonds. The fourth-order valence-corrected chi connectivity index (χ4v) is 2.16. The Kier molecular flexibility index (Phi) is 4.73. The summed E-state index contributed by atoms with van der Waals surface area (Å²) in [7, 11) is 3.61. The zero-order chi connectivity index (χ0) is 14.5. The molecule has 2 heterocycles. The molecular weight excluding hydrogens is 322 g/mol. The van der Waals surface area contributed by atoms with Gasteiger partial charge in [0.2, 0.25) is 0 Å². The highest BCUT2D eigenvalue weighted by molar-refractivity contribution is 9.10. The van der Waals surface area contributed by atoms with Crippen molar-refractivity contribution in [2.24, 2.45) is 7.05 Å². The SMILES string of the molecule is CNc1ncc(Br)cc1C(=O)NCCc1cnn(C)c1. The number of anilines is 1. The first-order chi connectivity index (χ1) is 9.60. The lowest BCUT2D eigenvalue weighted by Crippen LogP contribution is -2.26. The molecule has 0 aliphatic heterocycles. The van der Waals surface area contributed by atoms with Crippen molar-refractivity contribution in [3.05, 3.63) is 40.3 Å². The summed E-state index contributed by atoms with van der Waals surface area (Å²) in [6.07, 6.45) is 6.13. The molecule has 6 nitrogen and oxygen atoms in total. The molecule has 2 rings (SSSR count). The second-order valence-corrected chi connectivity index (χ2v) is 5.24. The van der Waals surface area contributed by atoms with Crippen molar-refractivity contribution in [1.29, 1.82) is 0 Å². The van der Waals surface area contributed by atoms with E-state index in [0.717, 1.165) is 16.5 Å². The van der Waals surface area contributed by atoms with Crippen LogP contribution in [0.25, 0.3) is 0 Å². The van der Waals surface area contributed by atoms with Gasteiger partial charge in [0.15, 0.2) is 0 Å². The Morgan fingerprint density at radius 3 is 2.90 bits per heavy atom. The van der Waals surface area contributed by atoms with E-state index in [0.29, 0.717) is 17.9 Å². The summed E-state index contributed by atoms with van der Waals surface area (Å²) in [5.41, 5.74) is 1.61. The van der Waals surface area contributed by atoms with Crippen molar-refractivity contribution >= 4 is 27.7 Å². The molecule has 0 aliphatic rings. The van der Waals surface area contributed by atoms with Crippen molar-refractivity contribution in [1.82, 2.24) is 20.1 Å². The molecule has 0 aliphatic carbocycles. The topological polar surface area (TPSA) is 71.8 Å². The summed E-state index contributed by atoms with van der Waals surface area (Å²) in [6, 6.07) is 1.75. The first-order valence-corrected chi connectivity index (χ1v) is 6.98. The summed E-state index contributed by atoms with van der Waals surface area (Å²) < 4.78 is 2.52. The maximum Gasteiger partial charge on any atom is 0.255 e. The first-order valence-electron chi connectivity index (χ1n) is 6.19. The lowest BCUT2D eigenvalue weighted by molar-refractivity contribution is 0.0954. The molecule has 2 N–H and O–H groups in total. The molecule has 0 unspecified atom stereocenters. The number of hydrogen-bond acceptors (Lipinski definition) is 4. The van der Waals surface area contributed by atoms with Gasteiger partial charge in [0.1, 0.15) is 5.82 Å². The highest BCUT2D eigenvalue weighted by atomic mass is 79.9. The molecular formula is C13H16BrN5O. The van der Waals surface area contributed by atoms with E-state index in [1.807, 2.05) is 13.2 Å². The van der Waals surface area contributed by atoms with Crippen molar-refractivity contribution in [2.45, 2.75) is 6.42 Å². The third-order valence-corrected chi connectivity index (χ3v) is 3.23. The van der Waals surface area contributed by atoms with E-state index in [-0.39, 0.29) is 5.91 Å². The molecule has 7 heteroatoms. The lowest BCUT2D eigenvalue weighted by Gasteiger charge is -2.09. The van der Waals surface area contributed by atoms with Gasteiger partial charge in [-0.15, -0.1) is 0 Å². The number of carbonyl (C=O) groups excluding carboxylic acids is 1. The Balaban J connectivity index is 1.96. The Morgan fingerprint density at radius 2 is 2.25 bits per heavy atom. The van der Waals surface area contributed by atoms with Gasteiger partial charge in [-0.3, -0.25) is 9.48 Å². The van der Waals surface area contributed by atoms with E-state index in [2.05, 4.69) is 36.6 Å². The normalized spacial score (nSPS) is 10.3. The molecule has 0 radical (unpaired) electrons. The molecule has 0 atom stereocenters. The number of rotatable bonds is 5. The summed E-state index contributed by atoms with van der Waals surface area (Å²) >= 11 is 3.32. The van der Waals surface area contributed by atoms with Crippen LogP contribution in [0.2, 0.25) is 0 Å². The van der Waals surface area contributed by atoms with Crippen molar-refractivity contribution in [3.8, 4) is 0 Å². The van der Waals surface area contributed by atoms with Crippen LogP contribution in [0, 0.1) is 0 Å². The van der Waals surface area contributed by atoms with Crippen molar-refractivity contribution < 1.29 is 4.79 Å². The van der Waals surface area contributed by atoms with Crippen LogP contribution >= 0.6 is 15.9 Å². The van der Waals surface area contributed by atoms with Gasteiger partial charge in [0.05, 0.1) is 11.8 Å². The molecule has 0 bridgehead atoms. The van der Waals surface area contributed by atoms with Gasteiger partial charge in [0.25, 0.3) is 5.91 Å². The van der Waals surface area contributed by atoms with Crippen LogP contribution in [0.1, 0.15) is 15.9 Å². The maximum absolute atomic E-state index is 12.1. The molecule has 106 valence electrons. The van der Waals surface area contributed by atoms with E-state index in [4.69, 9.17) is 0 Å². The van der Waals surface area contributed by atoms with Gasteiger partial charge in [-0.2, -0.15) is 5.10 Å². The first kappa shape index (κ1) is 14.5. The average Bonchev–Trinajstić information content (AvgIpc) is 2.84. The molecule has 0 fully saturated rings. The predicted molar refractivity (Wildman–Crippen MR) is 80.7 cm³/mol. The second-order valence-electron chi connectivity index (χ2n) is 4.33. The predicted octanol–water partition coefficient (Wildman–Crippen LogP) is 1.59.